The SMILES string of the molecule is Cc1cccc(CC(=O)Nc2ccc(CCCCc3nnc(NC(=O)Cc4c(C)nn(C(=O)OC(C)(C)C)c4C)s3)nn2)c1. The van der Waals surface area contributed by atoms with Crippen molar-refractivity contribution in [3.63, 3.8) is 0 Å². The minimum Gasteiger partial charge on any atom is -0.442 e. The molecule has 0 atom stereocenters. The number of rotatable bonds is 11. The van der Waals surface area contributed by atoms with Crippen molar-refractivity contribution in [3.8, 4) is 0 Å². The molecule has 3 heterocycles. The highest BCUT2D eigenvalue weighted by Gasteiger charge is 2.24. The summed E-state index contributed by atoms with van der Waals surface area (Å²) < 4.78 is 6.59. The predicted molar refractivity (Wildman–Crippen MR) is 168 cm³/mol. The van der Waals surface area contributed by atoms with Gasteiger partial charge in [0.15, 0.2) is 5.82 Å². The number of unbranched alkanes of at least 4 members (excludes halogenated alkanes) is 1. The molecule has 0 unspecified atom stereocenters. The summed E-state index contributed by atoms with van der Waals surface area (Å²) in [6, 6.07) is 11.5. The van der Waals surface area contributed by atoms with Crippen LogP contribution >= 0.6 is 11.3 Å². The smallest absolute Gasteiger partial charge is 0.435 e. The molecule has 1 aromatic carbocycles. The molecule has 3 aromatic heterocycles. The van der Waals surface area contributed by atoms with Gasteiger partial charge in [-0.2, -0.15) is 14.9 Å². The van der Waals surface area contributed by atoms with Crippen LogP contribution in [0.1, 0.15) is 72.4 Å². The van der Waals surface area contributed by atoms with E-state index in [-0.39, 0.29) is 24.7 Å². The van der Waals surface area contributed by atoms with Crippen molar-refractivity contribution in [2.45, 2.75) is 85.7 Å². The third-order valence-electron chi connectivity index (χ3n) is 6.57. The highest BCUT2D eigenvalue weighted by Crippen LogP contribution is 2.20. The maximum absolute atomic E-state index is 12.7. The Kier molecular flexibility index (Phi) is 10.5. The first-order valence-corrected chi connectivity index (χ1v) is 15.3. The van der Waals surface area contributed by atoms with Gasteiger partial charge in [0, 0.05) is 12.0 Å². The van der Waals surface area contributed by atoms with Crippen LogP contribution in [0.4, 0.5) is 15.7 Å². The monoisotopic (exact) mass is 618 g/mol. The van der Waals surface area contributed by atoms with Crippen molar-refractivity contribution in [3.05, 3.63) is 75.2 Å². The molecule has 2 amide bonds. The average Bonchev–Trinajstić information content (AvgIpc) is 3.50. The molecule has 2 N–H and O–H groups in total. The number of nitrogens with zero attached hydrogens (tertiary/aromatic N) is 6. The third-order valence-corrected chi connectivity index (χ3v) is 7.46. The normalized spacial score (nSPS) is 11.3. The molecule has 0 aliphatic heterocycles. The van der Waals surface area contributed by atoms with Crippen molar-refractivity contribution in [1.29, 1.82) is 0 Å². The lowest BCUT2D eigenvalue weighted by atomic mass is 10.1. The summed E-state index contributed by atoms with van der Waals surface area (Å²) in [6.07, 6.45) is 2.93. The fourth-order valence-electron chi connectivity index (χ4n) is 4.48. The van der Waals surface area contributed by atoms with E-state index in [1.807, 2.05) is 37.3 Å². The molecule has 0 aliphatic carbocycles. The molecule has 0 radical (unpaired) electrons. The molecule has 232 valence electrons. The molecule has 4 aromatic rings. The fourth-order valence-corrected chi connectivity index (χ4v) is 5.28. The number of aryl methyl sites for hydroxylation is 4. The van der Waals surface area contributed by atoms with E-state index in [0.29, 0.717) is 27.9 Å². The summed E-state index contributed by atoms with van der Waals surface area (Å²) >= 11 is 1.33. The van der Waals surface area contributed by atoms with Crippen LogP contribution in [0.2, 0.25) is 0 Å². The second-order valence-electron chi connectivity index (χ2n) is 11.6. The molecule has 13 heteroatoms. The van der Waals surface area contributed by atoms with E-state index in [1.165, 1.54) is 16.0 Å². The van der Waals surface area contributed by atoms with Gasteiger partial charge in [0.25, 0.3) is 0 Å². The molecule has 0 bridgehead atoms. The number of hydrogen-bond acceptors (Lipinski definition) is 10. The van der Waals surface area contributed by atoms with Gasteiger partial charge in [-0.25, -0.2) is 4.79 Å². The molecule has 4 rings (SSSR count). The van der Waals surface area contributed by atoms with Crippen molar-refractivity contribution < 1.29 is 19.1 Å². The van der Waals surface area contributed by atoms with Crippen LogP contribution in [-0.2, 0) is 40.0 Å². The van der Waals surface area contributed by atoms with Crippen LogP contribution < -0.4 is 10.6 Å². The van der Waals surface area contributed by atoms with E-state index in [1.54, 1.807) is 40.7 Å². The number of aromatic nitrogens is 6. The number of anilines is 2. The van der Waals surface area contributed by atoms with Gasteiger partial charge in [0.2, 0.25) is 16.9 Å². The lowest BCUT2D eigenvalue weighted by Crippen LogP contribution is -2.28. The average molecular weight is 619 g/mol. The number of nitrogens with one attached hydrogen (secondary N) is 2. The highest BCUT2D eigenvalue weighted by atomic mass is 32.1. The van der Waals surface area contributed by atoms with Gasteiger partial charge in [-0.1, -0.05) is 41.2 Å². The minimum absolute atomic E-state index is 0.0472. The zero-order valence-electron chi connectivity index (χ0n) is 25.9. The maximum Gasteiger partial charge on any atom is 0.435 e. The summed E-state index contributed by atoms with van der Waals surface area (Å²) in [5, 5.41) is 27.8. The Bertz CT molecular complexity index is 1620. The van der Waals surface area contributed by atoms with E-state index in [2.05, 4.69) is 36.1 Å². The fraction of sp³-hybridized carbons (Fsp3) is 0.419. The number of carbonyl (C=O) groups excluding carboxylic acids is 3. The van der Waals surface area contributed by atoms with E-state index in [0.717, 1.165) is 47.5 Å². The number of amides is 2. The van der Waals surface area contributed by atoms with Gasteiger partial charge in [-0.15, -0.1) is 15.3 Å². The molecular formula is C31H38N8O4S. The number of hydrogen-bond donors (Lipinski definition) is 2. The molecule has 0 fully saturated rings. The Labute approximate surface area is 260 Å². The largest absolute Gasteiger partial charge is 0.442 e. The summed E-state index contributed by atoms with van der Waals surface area (Å²) in [4.78, 5) is 37.5. The Hall–Kier alpha value is -4.52. The van der Waals surface area contributed by atoms with E-state index in [4.69, 9.17) is 4.74 Å². The zero-order chi connectivity index (χ0) is 31.9. The van der Waals surface area contributed by atoms with Crippen LogP contribution in [0.5, 0.6) is 0 Å². The van der Waals surface area contributed by atoms with Gasteiger partial charge in [-0.3, -0.25) is 9.59 Å². The van der Waals surface area contributed by atoms with Crippen LogP contribution in [-0.4, -0.2) is 53.7 Å². The molecule has 0 saturated carbocycles. The van der Waals surface area contributed by atoms with Gasteiger partial charge in [0.1, 0.15) is 10.6 Å². The molecular weight excluding hydrogens is 580 g/mol. The van der Waals surface area contributed by atoms with Gasteiger partial charge >= 0.3 is 6.09 Å². The molecule has 0 saturated heterocycles. The first-order chi connectivity index (χ1) is 20.9. The number of carbonyl (C=O) groups is 3. The standard InChI is InChI=1S/C31H38N8O4S/c1-19-10-9-11-22(16-19)17-26(40)32-25-15-14-23(34-35-25)12-7-8-13-28-36-37-29(44-28)33-27(41)18-24-20(2)38-39(21(24)3)30(42)43-31(4,5)6/h9-11,14-16H,7-8,12-13,17-18H2,1-6H3,(H,32,35,40)(H,33,37,41). The first kappa shape index (κ1) is 32.4. The Balaban J connectivity index is 1.19. The van der Waals surface area contributed by atoms with Gasteiger partial charge < -0.3 is 15.4 Å². The second-order valence-corrected chi connectivity index (χ2v) is 12.7. The van der Waals surface area contributed by atoms with Crippen molar-refractivity contribution >= 4 is 40.2 Å². The van der Waals surface area contributed by atoms with Crippen LogP contribution in [0.3, 0.4) is 0 Å². The van der Waals surface area contributed by atoms with Crippen molar-refractivity contribution in [2.24, 2.45) is 0 Å². The summed E-state index contributed by atoms with van der Waals surface area (Å²) in [5.41, 5.74) is 4.06. The zero-order valence-corrected chi connectivity index (χ0v) is 26.7. The summed E-state index contributed by atoms with van der Waals surface area (Å²) in [7, 11) is 0. The second kappa shape index (κ2) is 14.3. The first-order valence-electron chi connectivity index (χ1n) is 14.4. The van der Waals surface area contributed by atoms with Gasteiger partial charge in [0.05, 0.1) is 29.9 Å². The number of ether oxygens (including phenoxy) is 1. The molecule has 44 heavy (non-hydrogen) atoms. The molecule has 0 aliphatic rings. The lowest BCUT2D eigenvalue weighted by molar-refractivity contribution is -0.116. The van der Waals surface area contributed by atoms with E-state index in [9.17, 15) is 14.4 Å². The summed E-state index contributed by atoms with van der Waals surface area (Å²) in [5.74, 6) is 0.0258. The minimum atomic E-state index is -0.654. The van der Waals surface area contributed by atoms with Crippen molar-refractivity contribution in [1.82, 2.24) is 30.2 Å². The predicted octanol–water partition coefficient (Wildman–Crippen LogP) is 5.16. The molecule has 0 spiro atoms. The number of benzene rings is 1. The Morgan fingerprint density at radius 2 is 1.64 bits per heavy atom. The Morgan fingerprint density at radius 3 is 2.34 bits per heavy atom. The maximum atomic E-state index is 12.7. The van der Waals surface area contributed by atoms with E-state index < -0.39 is 11.7 Å². The third kappa shape index (κ3) is 9.49. The van der Waals surface area contributed by atoms with Gasteiger partial charge in [-0.05, 0) is 78.5 Å². The van der Waals surface area contributed by atoms with Crippen molar-refractivity contribution in [2.75, 3.05) is 10.6 Å². The quantitative estimate of drug-likeness (QED) is 0.217. The van der Waals surface area contributed by atoms with E-state index >= 15 is 0 Å². The highest BCUT2D eigenvalue weighted by molar-refractivity contribution is 7.15. The Morgan fingerprint density at radius 1 is 0.886 bits per heavy atom. The summed E-state index contributed by atoms with van der Waals surface area (Å²) in [6.45, 7) is 10.8. The topological polar surface area (TPSA) is 154 Å². The van der Waals surface area contributed by atoms with Crippen LogP contribution in [0.15, 0.2) is 36.4 Å². The van der Waals surface area contributed by atoms with Crippen LogP contribution in [0.25, 0.3) is 0 Å². The lowest BCUT2D eigenvalue weighted by Gasteiger charge is -2.19. The molecule has 12 nitrogen and oxygen atoms in total. The van der Waals surface area contributed by atoms with Crippen LogP contribution in [0, 0.1) is 20.8 Å².